The highest BCUT2D eigenvalue weighted by Crippen LogP contribution is 2.39. The summed E-state index contributed by atoms with van der Waals surface area (Å²) < 4.78 is 42.0. The zero-order chi connectivity index (χ0) is 27.0. The van der Waals surface area contributed by atoms with Crippen molar-refractivity contribution >= 4 is 52.1 Å². The molecule has 1 N–H and O–H groups in total. The number of alkyl halides is 3. The van der Waals surface area contributed by atoms with Crippen LogP contribution in [-0.2, 0) is 12.6 Å². The Kier molecular flexibility index (Phi) is 7.35. The van der Waals surface area contributed by atoms with Crippen LogP contribution in [0.5, 0.6) is 0 Å². The number of aromatic nitrogens is 3. The van der Waals surface area contributed by atoms with Crippen molar-refractivity contribution in [3.8, 4) is 5.69 Å². The lowest BCUT2D eigenvalue weighted by Crippen LogP contribution is -2.28. The number of carbonyl (C=O) groups is 1. The Balaban J connectivity index is 1.62. The molecule has 0 spiro atoms. The van der Waals surface area contributed by atoms with Gasteiger partial charge in [-0.25, -0.2) is 4.68 Å². The fourth-order valence-corrected chi connectivity index (χ4v) is 5.78. The number of allylic oxidation sites excluding steroid dienone is 1. The number of hydrogen-bond donors (Lipinski definition) is 1. The summed E-state index contributed by atoms with van der Waals surface area (Å²) in [6.07, 6.45) is 1.13. The Hall–Kier alpha value is -3.14. The van der Waals surface area contributed by atoms with Crippen LogP contribution in [0.1, 0.15) is 63.7 Å². The molecule has 0 saturated heterocycles. The molecule has 1 aliphatic rings. The highest BCUT2D eigenvalue weighted by Gasteiger charge is 2.33. The summed E-state index contributed by atoms with van der Waals surface area (Å²) >= 11 is 13.9. The van der Waals surface area contributed by atoms with Crippen molar-refractivity contribution in [3.05, 3.63) is 97.2 Å². The molecule has 1 atom stereocenters. The van der Waals surface area contributed by atoms with Gasteiger partial charge in [-0.3, -0.25) is 9.78 Å². The van der Waals surface area contributed by atoms with E-state index in [9.17, 15) is 18.0 Å². The SMILES string of the molecule is C[C@@H](NC(=O)c1nn(-c2ccc(C(F)(F)F)cc2Cl)c2c1CCC/C2=C\c1ccc(Cl)s1)c1ccccn1. The van der Waals surface area contributed by atoms with Gasteiger partial charge in [0.25, 0.3) is 5.91 Å². The number of nitrogens with one attached hydrogen (secondary N) is 1. The molecule has 4 aromatic rings. The molecule has 0 aliphatic heterocycles. The molecule has 1 aliphatic carbocycles. The zero-order valence-electron chi connectivity index (χ0n) is 20.0. The second-order valence-corrected chi connectivity index (χ2v) is 11.0. The third kappa shape index (κ3) is 5.36. The number of pyridine rings is 1. The van der Waals surface area contributed by atoms with Crippen molar-refractivity contribution in [2.75, 3.05) is 0 Å². The average molecular weight is 577 g/mol. The van der Waals surface area contributed by atoms with E-state index in [1.165, 1.54) is 22.1 Å². The van der Waals surface area contributed by atoms with Crippen LogP contribution in [0.4, 0.5) is 13.2 Å². The first kappa shape index (κ1) is 26.5. The molecule has 0 fully saturated rings. The molecule has 0 saturated carbocycles. The van der Waals surface area contributed by atoms with E-state index >= 15 is 0 Å². The average Bonchev–Trinajstić information content (AvgIpc) is 3.48. The molecule has 5 rings (SSSR count). The fourth-order valence-electron chi connectivity index (χ4n) is 4.49. The summed E-state index contributed by atoms with van der Waals surface area (Å²) in [6, 6.07) is 11.9. The largest absolute Gasteiger partial charge is 0.416 e. The Bertz CT molecular complexity index is 1530. The quantitative estimate of drug-likeness (QED) is 0.261. The number of carbonyl (C=O) groups excluding carboxylic acids is 1. The van der Waals surface area contributed by atoms with Crippen molar-refractivity contribution in [2.24, 2.45) is 0 Å². The van der Waals surface area contributed by atoms with Gasteiger partial charge in [0.05, 0.1) is 38.0 Å². The third-order valence-electron chi connectivity index (χ3n) is 6.27. The third-order valence-corrected chi connectivity index (χ3v) is 7.75. The normalized spacial score (nSPS) is 15.4. The smallest absolute Gasteiger partial charge is 0.343 e. The fraction of sp³-hybridized carbons (Fsp3) is 0.222. The molecule has 3 heterocycles. The van der Waals surface area contributed by atoms with Crippen molar-refractivity contribution in [3.63, 3.8) is 0 Å². The van der Waals surface area contributed by atoms with E-state index < -0.39 is 17.6 Å². The minimum atomic E-state index is -4.54. The number of halogens is 5. The van der Waals surface area contributed by atoms with Gasteiger partial charge in [-0.15, -0.1) is 11.3 Å². The topological polar surface area (TPSA) is 59.8 Å². The first-order valence-corrected chi connectivity index (χ1v) is 13.4. The zero-order valence-corrected chi connectivity index (χ0v) is 22.3. The van der Waals surface area contributed by atoms with Crippen LogP contribution in [0.15, 0.2) is 54.7 Å². The summed E-state index contributed by atoms with van der Waals surface area (Å²) in [4.78, 5) is 18.7. The van der Waals surface area contributed by atoms with E-state index in [0.717, 1.165) is 29.0 Å². The minimum absolute atomic E-state index is 0.122. The van der Waals surface area contributed by atoms with Crippen molar-refractivity contribution in [1.29, 1.82) is 0 Å². The van der Waals surface area contributed by atoms with Crippen LogP contribution in [0.2, 0.25) is 9.36 Å². The molecule has 1 amide bonds. The van der Waals surface area contributed by atoms with Gasteiger partial charge in [-0.1, -0.05) is 29.3 Å². The van der Waals surface area contributed by atoms with Gasteiger partial charge in [0.15, 0.2) is 5.69 Å². The van der Waals surface area contributed by atoms with Crippen LogP contribution in [0.3, 0.4) is 0 Å². The van der Waals surface area contributed by atoms with Crippen molar-refractivity contribution in [2.45, 2.75) is 38.4 Å². The number of amides is 1. The van der Waals surface area contributed by atoms with Crippen LogP contribution in [0.25, 0.3) is 17.3 Å². The van der Waals surface area contributed by atoms with E-state index in [2.05, 4.69) is 15.4 Å². The Morgan fingerprint density at radius 3 is 2.63 bits per heavy atom. The van der Waals surface area contributed by atoms with Crippen LogP contribution in [0, 0.1) is 0 Å². The number of hydrogen-bond acceptors (Lipinski definition) is 4. The summed E-state index contributed by atoms with van der Waals surface area (Å²) in [5, 5.41) is 7.44. The molecule has 5 nitrogen and oxygen atoms in total. The Labute approximate surface area is 230 Å². The predicted molar refractivity (Wildman–Crippen MR) is 144 cm³/mol. The lowest BCUT2D eigenvalue weighted by Gasteiger charge is -2.19. The molecule has 11 heteroatoms. The van der Waals surface area contributed by atoms with E-state index in [1.807, 2.05) is 31.2 Å². The van der Waals surface area contributed by atoms with Crippen LogP contribution < -0.4 is 5.32 Å². The van der Waals surface area contributed by atoms with Gasteiger partial charge in [0.1, 0.15) is 0 Å². The second-order valence-electron chi connectivity index (χ2n) is 8.87. The second kappa shape index (κ2) is 10.6. The molecule has 1 aromatic carbocycles. The molecular formula is C27H21Cl2F3N4OS. The first-order chi connectivity index (χ1) is 18.1. The Morgan fingerprint density at radius 2 is 1.97 bits per heavy atom. The number of fused-ring (bicyclic) bond motifs is 1. The summed E-state index contributed by atoms with van der Waals surface area (Å²) in [5.74, 6) is -0.401. The molecule has 0 bridgehead atoms. The molecule has 0 radical (unpaired) electrons. The number of benzene rings is 1. The summed E-state index contributed by atoms with van der Waals surface area (Å²) in [5.41, 5.74) is 2.54. The first-order valence-electron chi connectivity index (χ1n) is 11.8. The van der Waals surface area contributed by atoms with Crippen molar-refractivity contribution in [1.82, 2.24) is 20.1 Å². The highest BCUT2D eigenvalue weighted by atomic mass is 35.5. The number of rotatable bonds is 5. The number of nitrogens with zero attached hydrogens (tertiary/aromatic N) is 3. The monoisotopic (exact) mass is 576 g/mol. The molecular weight excluding hydrogens is 556 g/mol. The van der Waals surface area contributed by atoms with E-state index in [-0.39, 0.29) is 22.4 Å². The molecule has 3 aromatic heterocycles. The van der Waals surface area contributed by atoms with Crippen molar-refractivity contribution < 1.29 is 18.0 Å². The summed E-state index contributed by atoms with van der Waals surface area (Å²) in [6.45, 7) is 1.82. The summed E-state index contributed by atoms with van der Waals surface area (Å²) in [7, 11) is 0. The van der Waals surface area contributed by atoms with Gasteiger partial charge in [-0.05, 0) is 80.3 Å². The van der Waals surface area contributed by atoms with E-state index in [4.69, 9.17) is 23.2 Å². The lowest BCUT2D eigenvalue weighted by atomic mass is 9.90. The molecule has 38 heavy (non-hydrogen) atoms. The standard InChI is InChI=1S/C27H21Cl2F3N4OS/c1-15(21-7-2-3-12-33-21)34-26(37)24-19-6-4-5-16(13-18-9-11-23(29)38-18)25(19)36(35-24)22-10-8-17(14-20(22)28)27(30,31)32/h2-3,7-15H,4-6H2,1H3,(H,34,37)/b16-13+/t15-/m1/s1. The van der Waals surface area contributed by atoms with E-state index in [1.54, 1.807) is 18.3 Å². The maximum absolute atomic E-state index is 13.5. The predicted octanol–water partition coefficient (Wildman–Crippen LogP) is 8.02. The van der Waals surface area contributed by atoms with Gasteiger partial charge in [0.2, 0.25) is 0 Å². The van der Waals surface area contributed by atoms with Gasteiger partial charge < -0.3 is 5.32 Å². The van der Waals surface area contributed by atoms with E-state index in [0.29, 0.717) is 34.1 Å². The van der Waals surface area contributed by atoms with Gasteiger partial charge in [0, 0.05) is 16.6 Å². The molecule has 196 valence electrons. The molecule has 0 unspecified atom stereocenters. The van der Waals surface area contributed by atoms with Crippen LogP contribution in [-0.4, -0.2) is 20.7 Å². The number of thiophene rings is 1. The maximum Gasteiger partial charge on any atom is 0.416 e. The van der Waals surface area contributed by atoms with Crippen LogP contribution >= 0.6 is 34.5 Å². The Morgan fingerprint density at radius 1 is 1.16 bits per heavy atom. The lowest BCUT2D eigenvalue weighted by molar-refractivity contribution is -0.137. The van der Waals surface area contributed by atoms with Gasteiger partial charge >= 0.3 is 6.18 Å². The highest BCUT2D eigenvalue weighted by molar-refractivity contribution is 7.17. The minimum Gasteiger partial charge on any atom is -0.343 e. The maximum atomic E-state index is 13.5. The van der Waals surface area contributed by atoms with Gasteiger partial charge in [-0.2, -0.15) is 18.3 Å².